The molecule has 0 spiro atoms. The van der Waals surface area contributed by atoms with E-state index in [2.05, 4.69) is 25.9 Å². The molecule has 0 radical (unpaired) electrons. The van der Waals surface area contributed by atoms with Gasteiger partial charge in [0.15, 0.2) is 5.82 Å². The number of hydrogen-bond acceptors (Lipinski definition) is 6. The van der Waals surface area contributed by atoms with Gasteiger partial charge < -0.3 is 20.9 Å². The van der Waals surface area contributed by atoms with Crippen molar-refractivity contribution in [1.82, 2.24) is 9.97 Å². The van der Waals surface area contributed by atoms with Crippen LogP contribution in [0.5, 0.6) is 0 Å². The van der Waals surface area contributed by atoms with Crippen molar-refractivity contribution >= 4 is 35.0 Å². The molecule has 0 atom stereocenters. The van der Waals surface area contributed by atoms with E-state index in [1.807, 2.05) is 26.1 Å². The van der Waals surface area contributed by atoms with E-state index in [0.717, 1.165) is 5.56 Å². The predicted molar refractivity (Wildman–Crippen MR) is 117 cm³/mol. The van der Waals surface area contributed by atoms with E-state index in [-0.39, 0.29) is 24.2 Å². The highest BCUT2D eigenvalue weighted by molar-refractivity contribution is 6.04. The molecule has 0 bridgehead atoms. The first-order valence-corrected chi connectivity index (χ1v) is 9.68. The Morgan fingerprint density at radius 3 is 2.55 bits per heavy atom. The number of carbonyl (C=O) groups is 2. The molecule has 8 nitrogen and oxygen atoms in total. The van der Waals surface area contributed by atoms with Gasteiger partial charge in [0.2, 0.25) is 11.9 Å². The Balaban J connectivity index is 1.39. The van der Waals surface area contributed by atoms with Crippen LogP contribution in [-0.2, 0) is 11.3 Å². The number of halogens is 1. The quantitative estimate of drug-likeness (QED) is 0.586. The number of carbonyl (C=O) groups excluding carboxylic acids is 2. The third-order valence-electron chi connectivity index (χ3n) is 4.85. The van der Waals surface area contributed by atoms with Gasteiger partial charge in [-0.25, -0.2) is 9.37 Å². The van der Waals surface area contributed by atoms with Crippen molar-refractivity contribution in [3.05, 3.63) is 71.2 Å². The summed E-state index contributed by atoms with van der Waals surface area (Å²) in [5, 5.41) is 8.78. The predicted octanol–water partition coefficient (Wildman–Crippen LogP) is 3.18. The van der Waals surface area contributed by atoms with Crippen molar-refractivity contribution < 1.29 is 14.0 Å². The van der Waals surface area contributed by atoms with Gasteiger partial charge in [-0.1, -0.05) is 12.1 Å². The van der Waals surface area contributed by atoms with Gasteiger partial charge in [-0.15, -0.1) is 0 Å². The molecule has 0 fully saturated rings. The van der Waals surface area contributed by atoms with Gasteiger partial charge in [0.1, 0.15) is 11.5 Å². The third kappa shape index (κ3) is 4.61. The Morgan fingerprint density at radius 2 is 1.84 bits per heavy atom. The number of amides is 2. The number of nitrogens with zero attached hydrogens (tertiary/aromatic N) is 3. The molecular formula is C22H21FN6O2. The zero-order valence-corrected chi connectivity index (χ0v) is 17.1. The normalized spacial score (nSPS) is 12.7. The number of aromatic nitrogens is 2. The van der Waals surface area contributed by atoms with Crippen LogP contribution in [0.1, 0.15) is 21.6 Å². The summed E-state index contributed by atoms with van der Waals surface area (Å²) in [4.78, 5) is 34.6. The molecule has 0 saturated carbocycles. The van der Waals surface area contributed by atoms with Crippen LogP contribution in [0.15, 0.2) is 48.5 Å². The second kappa shape index (κ2) is 8.39. The zero-order valence-electron chi connectivity index (χ0n) is 17.1. The molecule has 1 aliphatic rings. The topological polar surface area (TPSA) is 99.2 Å². The average Bonchev–Trinajstić information content (AvgIpc) is 2.74. The van der Waals surface area contributed by atoms with E-state index in [0.29, 0.717) is 40.9 Å². The van der Waals surface area contributed by atoms with E-state index >= 15 is 0 Å². The SMILES string of the molecule is Cc1nc(NCc2ccc(NC(=O)c3ccc(F)cc3)cc2)nc2c1NC(=O)CN2C. The molecule has 0 unspecified atom stereocenters. The molecule has 3 aromatic rings. The van der Waals surface area contributed by atoms with Crippen LogP contribution < -0.4 is 20.9 Å². The number of benzene rings is 2. The van der Waals surface area contributed by atoms with Crippen molar-refractivity contribution in [1.29, 1.82) is 0 Å². The average molecular weight is 420 g/mol. The zero-order chi connectivity index (χ0) is 22.0. The summed E-state index contributed by atoms with van der Waals surface area (Å²) in [7, 11) is 1.81. The largest absolute Gasteiger partial charge is 0.350 e. The van der Waals surface area contributed by atoms with Crippen LogP contribution >= 0.6 is 0 Å². The highest BCUT2D eigenvalue weighted by atomic mass is 19.1. The summed E-state index contributed by atoms with van der Waals surface area (Å²) in [6.45, 7) is 2.55. The number of rotatable bonds is 5. The molecule has 1 aliphatic heterocycles. The summed E-state index contributed by atoms with van der Waals surface area (Å²) in [6, 6.07) is 12.7. The molecule has 0 saturated heterocycles. The molecule has 0 aliphatic carbocycles. The lowest BCUT2D eigenvalue weighted by Crippen LogP contribution is -2.36. The van der Waals surface area contributed by atoms with Gasteiger partial charge in [-0.2, -0.15) is 4.98 Å². The lowest BCUT2D eigenvalue weighted by molar-refractivity contribution is -0.115. The molecule has 158 valence electrons. The lowest BCUT2D eigenvalue weighted by atomic mass is 10.2. The van der Waals surface area contributed by atoms with Gasteiger partial charge >= 0.3 is 0 Å². The fourth-order valence-electron chi connectivity index (χ4n) is 3.22. The maximum Gasteiger partial charge on any atom is 0.255 e. The summed E-state index contributed by atoms with van der Waals surface area (Å²) >= 11 is 0. The van der Waals surface area contributed by atoms with Crippen LogP contribution in [0, 0.1) is 12.7 Å². The summed E-state index contributed by atoms with van der Waals surface area (Å²) < 4.78 is 13.0. The first-order chi connectivity index (χ1) is 14.9. The molecule has 2 heterocycles. The van der Waals surface area contributed by atoms with Gasteiger partial charge in [0.25, 0.3) is 5.91 Å². The van der Waals surface area contributed by atoms with Crippen molar-refractivity contribution in [3.8, 4) is 0 Å². The van der Waals surface area contributed by atoms with E-state index in [4.69, 9.17) is 0 Å². The molecule has 31 heavy (non-hydrogen) atoms. The maximum atomic E-state index is 13.0. The molecule has 2 aromatic carbocycles. The van der Waals surface area contributed by atoms with E-state index in [9.17, 15) is 14.0 Å². The van der Waals surface area contributed by atoms with Gasteiger partial charge in [-0.3, -0.25) is 9.59 Å². The lowest BCUT2D eigenvalue weighted by Gasteiger charge is -2.27. The number of nitrogens with one attached hydrogen (secondary N) is 3. The van der Waals surface area contributed by atoms with Crippen LogP contribution in [-0.4, -0.2) is 35.4 Å². The second-order valence-corrected chi connectivity index (χ2v) is 7.25. The Hall–Kier alpha value is -4.01. The first-order valence-electron chi connectivity index (χ1n) is 9.68. The van der Waals surface area contributed by atoms with E-state index < -0.39 is 0 Å². The van der Waals surface area contributed by atoms with Crippen LogP contribution in [0.4, 0.5) is 27.5 Å². The highest BCUT2D eigenvalue weighted by Gasteiger charge is 2.23. The standard InChI is InChI=1S/C22H21FN6O2/c1-13-19-20(29(2)12-18(30)27-19)28-22(25-13)24-11-14-3-9-17(10-4-14)26-21(31)15-5-7-16(23)8-6-15/h3-10H,11-12H2,1-2H3,(H,26,31)(H,27,30)(H,24,25,28). The van der Waals surface area contributed by atoms with Crippen LogP contribution in [0.25, 0.3) is 0 Å². The summed E-state index contributed by atoms with van der Waals surface area (Å²) in [6.07, 6.45) is 0. The van der Waals surface area contributed by atoms with E-state index in [1.54, 1.807) is 17.0 Å². The van der Waals surface area contributed by atoms with Gasteiger partial charge in [-0.05, 0) is 48.9 Å². The summed E-state index contributed by atoms with van der Waals surface area (Å²) in [5.41, 5.74) is 3.31. The van der Waals surface area contributed by atoms with Crippen molar-refractivity contribution in [2.45, 2.75) is 13.5 Å². The molecule has 2 amide bonds. The molecule has 3 N–H and O–H groups in total. The number of fused-ring (bicyclic) bond motifs is 1. The number of anilines is 4. The van der Waals surface area contributed by atoms with Crippen molar-refractivity contribution in [2.75, 3.05) is 34.4 Å². The van der Waals surface area contributed by atoms with E-state index in [1.165, 1.54) is 24.3 Å². The highest BCUT2D eigenvalue weighted by Crippen LogP contribution is 2.29. The fraction of sp³-hybridized carbons (Fsp3) is 0.182. The second-order valence-electron chi connectivity index (χ2n) is 7.25. The van der Waals surface area contributed by atoms with Crippen molar-refractivity contribution in [3.63, 3.8) is 0 Å². The number of aryl methyl sites for hydroxylation is 1. The van der Waals surface area contributed by atoms with Crippen LogP contribution in [0.3, 0.4) is 0 Å². The van der Waals surface area contributed by atoms with Gasteiger partial charge in [0, 0.05) is 24.8 Å². The van der Waals surface area contributed by atoms with Crippen LogP contribution in [0.2, 0.25) is 0 Å². The smallest absolute Gasteiger partial charge is 0.255 e. The van der Waals surface area contributed by atoms with Crippen molar-refractivity contribution in [2.24, 2.45) is 0 Å². The fourth-order valence-corrected chi connectivity index (χ4v) is 3.22. The molecule has 9 heteroatoms. The molecular weight excluding hydrogens is 399 g/mol. The van der Waals surface area contributed by atoms with Gasteiger partial charge in [0.05, 0.1) is 12.2 Å². The molecule has 4 rings (SSSR count). The monoisotopic (exact) mass is 420 g/mol. The maximum absolute atomic E-state index is 13.0. The summed E-state index contributed by atoms with van der Waals surface area (Å²) in [5.74, 6) is 0.360. The molecule has 1 aromatic heterocycles. The Kier molecular flexibility index (Phi) is 5.48. The number of likely N-dealkylation sites (N-methyl/N-ethyl adjacent to an activating group) is 1. The minimum atomic E-state index is -0.386. The Morgan fingerprint density at radius 1 is 1.13 bits per heavy atom. The minimum absolute atomic E-state index is 0.0889. The number of hydrogen-bond donors (Lipinski definition) is 3. The third-order valence-corrected chi connectivity index (χ3v) is 4.85. The minimum Gasteiger partial charge on any atom is -0.350 e. The Labute approximate surface area is 178 Å². The Bertz CT molecular complexity index is 1130. The first kappa shape index (κ1) is 20.3.